The van der Waals surface area contributed by atoms with E-state index in [2.05, 4.69) is 10.3 Å². The van der Waals surface area contributed by atoms with Crippen molar-refractivity contribution >= 4 is 22.4 Å². The number of hydrogen-bond acceptors (Lipinski definition) is 4. The average Bonchev–Trinajstić information content (AvgIpc) is 2.81. The number of nitrogens with one attached hydrogen (secondary N) is 1. The fraction of sp³-hybridized carbons (Fsp3) is 0.160. The number of methoxy groups -OCH3 is 1. The number of anilines is 1. The summed E-state index contributed by atoms with van der Waals surface area (Å²) in [7, 11) is 1.63. The van der Waals surface area contributed by atoms with Crippen LogP contribution in [0.15, 0.2) is 84.0 Å². The second kappa shape index (κ2) is 9.26. The highest BCUT2D eigenvalue weighted by atomic mass is 16.5. The molecule has 0 unspecified atom stereocenters. The Hall–Kier alpha value is -3.93. The molecule has 0 aliphatic rings. The van der Waals surface area contributed by atoms with E-state index in [1.54, 1.807) is 42.4 Å². The van der Waals surface area contributed by atoms with Crippen LogP contribution >= 0.6 is 0 Å². The lowest BCUT2D eigenvalue weighted by molar-refractivity contribution is -0.116. The quantitative estimate of drug-likeness (QED) is 0.497. The Labute approximate surface area is 180 Å². The molecule has 4 aromatic rings. The van der Waals surface area contributed by atoms with Gasteiger partial charge in [0.2, 0.25) is 5.91 Å². The maximum absolute atomic E-state index is 13.0. The Balaban J connectivity index is 1.49. The number of pyridine rings is 2. The molecule has 0 spiro atoms. The van der Waals surface area contributed by atoms with Crippen molar-refractivity contribution in [2.75, 3.05) is 12.4 Å². The molecule has 0 fully saturated rings. The third-order valence-corrected chi connectivity index (χ3v) is 5.17. The van der Waals surface area contributed by atoms with Gasteiger partial charge in [-0.2, -0.15) is 0 Å². The van der Waals surface area contributed by atoms with Gasteiger partial charge in [0.15, 0.2) is 0 Å². The van der Waals surface area contributed by atoms with E-state index in [1.807, 2.05) is 48.5 Å². The number of amides is 1. The highest BCUT2D eigenvalue weighted by Crippen LogP contribution is 2.21. The van der Waals surface area contributed by atoms with Crippen LogP contribution in [0.25, 0.3) is 10.8 Å². The second-order valence-corrected chi connectivity index (χ2v) is 7.27. The van der Waals surface area contributed by atoms with Crippen LogP contribution < -0.4 is 15.6 Å². The third-order valence-electron chi connectivity index (χ3n) is 5.17. The third kappa shape index (κ3) is 4.80. The Morgan fingerprint density at radius 1 is 1.00 bits per heavy atom. The lowest BCUT2D eigenvalue weighted by Crippen LogP contribution is -2.21. The number of ether oxygens (including phenoxy) is 1. The maximum Gasteiger partial charge on any atom is 0.258 e. The van der Waals surface area contributed by atoms with E-state index in [9.17, 15) is 9.59 Å². The molecule has 2 heterocycles. The zero-order valence-corrected chi connectivity index (χ0v) is 17.2. The summed E-state index contributed by atoms with van der Waals surface area (Å²) in [5.74, 6) is 0.695. The fourth-order valence-corrected chi connectivity index (χ4v) is 3.50. The van der Waals surface area contributed by atoms with Gasteiger partial charge in [0.05, 0.1) is 13.7 Å². The molecule has 0 bridgehead atoms. The summed E-state index contributed by atoms with van der Waals surface area (Å²) in [6.45, 7) is 0.445. The van der Waals surface area contributed by atoms with Crippen LogP contribution in [0.5, 0.6) is 5.75 Å². The van der Waals surface area contributed by atoms with Gasteiger partial charge in [-0.15, -0.1) is 0 Å². The van der Waals surface area contributed by atoms with E-state index in [-0.39, 0.29) is 11.5 Å². The zero-order valence-electron chi connectivity index (χ0n) is 17.2. The highest BCUT2D eigenvalue weighted by molar-refractivity contribution is 6.01. The first-order valence-corrected chi connectivity index (χ1v) is 10.1. The van der Waals surface area contributed by atoms with Crippen molar-refractivity contribution in [1.29, 1.82) is 0 Å². The summed E-state index contributed by atoms with van der Waals surface area (Å²) in [6, 6.07) is 18.7. The van der Waals surface area contributed by atoms with Gasteiger partial charge in [-0.3, -0.25) is 14.6 Å². The molecule has 0 atom stereocenters. The van der Waals surface area contributed by atoms with E-state index in [4.69, 9.17) is 4.74 Å². The van der Waals surface area contributed by atoms with Crippen molar-refractivity contribution in [2.45, 2.75) is 19.4 Å². The predicted octanol–water partition coefficient (Wildman–Crippen LogP) is 4.02. The Bertz CT molecular complexity index is 1250. The maximum atomic E-state index is 13.0. The molecule has 6 nitrogen and oxygen atoms in total. The molecule has 4 rings (SSSR count). The molecule has 2 aromatic heterocycles. The summed E-state index contributed by atoms with van der Waals surface area (Å²) in [6.07, 6.45) is 6.18. The van der Waals surface area contributed by atoms with Crippen molar-refractivity contribution in [1.82, 2.24) is 9.55 Å². The van der Waals surface area contributed by atoms with Crippen molar-refractivity contribution in [3.05, 3.63) is 101 Å². The molecule has 1 N–H and O–H groups in total. The van der Waals surface area contributed by atoms with Gasteiger partial charge < -0.3 is 14.6 Å². The molecule has 0 saturated carbocycles. The summed E-state index contributed by atoms with van der Waals surface area (Å²) in [5, 5.41) is 4.25. The minimum Gasteiger partial charge on any atom is -0.497 e. The minimum atomic E-state index is -0.101. The number of rotatable bonds is 7. The van der Waals surface area contributed by atoms with Crippen LogP contribution in [-0.4, -0.2) is 22.6 Å². The van der Waals surface area contributed by atoms with Gasteiger partial charge >= 0.3 is 0 Å². The van der Waals surface area contributed by atoms with Crippen LogP contribution in [-0.2, 0) is 17.8 Å². The van der Waals surface area contributed by atoms with E-state index in [0.29, 0.717) is 30.5 Å². The molecular weight excluding hydrogens is 390 g/mol. The Morgan fingerprint density at radius 3 is 2.58 bits per heavy atom. The molecular formula is C25H23N3O3. The topological polar surface area (TPSA) is 73.2 Å². The van der Waals surface area contributed by atoms with E-state index < -0.39 is 0 Å². The summed E-state index contributed by atoms with van der Waals surface area (Å²) >= 11 is 0. The number of benzene rings is 2. The van der Waals surface area contributed by atoms with Crippen molar-refractivity contribution in [3.8, 4) is 5.75 Å². The average molecular weight is 413 g/mol. The molecule has 0 saturated heterocycles. The lowest BCUT2D eigenvalue weighted by atomic mass is 10.1. The van der Waals surface area contributed by atoms with E-state index in [1.165, 1.54) is 0 Å². The monoisotopic (exact) mass is 413 g/mol. The number of hydrogen-bond donors (Lipinski definition) is 1. The molecule has 156 valence electrons. The van der Waals surface area contributed by atoms with Crippen molar-refractivity contribution in [2.24, 2.45) is 0 Å². The van der Waals surface area contributed by atoms with Crippen LogP contribution in [0.2, 0.25) is 0 Å². The van der Waals surface area contributed by atoms with Crippen LogP contribution in [0, 0.1) is 0 Å². The summed E-state index contributed by atoms with van der Waals surface area (Å²) in [5.41, 5.74) is 2.55. The van der Waals surface area contributed by atoms with Gasteiger partial charge in [-0.1, -0.05) is 24.3 Å². The Morgan fingerprint density at radius 2 is 1.84 bits per heavy atom. The number of nitrogens with zero attached hydrogens (tertiary/aromatic N) is 2. The van der Waals surface area contributed by atoms with Crippen molar-refractivity contribution < 1.29 is 9.53 Å². The predicted molar refractivity (Wildman–Crippen MR) is 121 cm³/mol. The molecule has 0 radical (unpaired) electrons. The van der Waals surface area contributed by atoms with Crippen LogP contribution in [0.4, 0.5) is 5.69 Å². The molecule has 0 aliphatic heterocycles. The number of fused-ring (bicyclic) bond motifs is 1. The highest BCUT2D eigenvalue weighted by Gasteiger charge is 2.10. The summed E-state index contributed by atoms with van der Waals surface area (Å²) < 4.78 is 6.80. The van der Waals surface area contributed by atoms with Gasteiger partial charge in [-0.25, -0.2) is 0 Å². The van der Waals surface area contributed by atoms with Crippen LogP contribution in [0.1, 0.15) is 17.5 Å². The lowest BCUT2D eigenvalue weighted by Gasteiger charge is -2.11. The molecule has 2 aromatic carbocycles. The van der Waals surface area contributed by atoms with Gasteiger partial charge in [0.1, 0.15) is 5.75 Å². The number of carbonyl (C=O) groups excluding carboxylic acids is 1. The van der Waals surface area contributed by atoms with Gasteiger partial charge in [-0.05, 0) is 53.9 Å². The largest absolute Gasteiger partial charge is 0.497 e. The number of carbonyl (C=O) groups is 1. The summed E-state index contributed by atoms with van der Waals surface area (Å²) in [4.78, 5) is 29.6. The smallest absolute Gasteiger partial charge is 0.258 e. The van der Waals surface area contributed by atoms with Crippen molar-refractivity contribution in [3.63, 3.8) is 0 Å². The molecule has 0 aliphatic carbocycles. The number of aryl methyl sites for hydroxylation is 1. The molecule has 6 heteroatoms. The Kier molecular flexibility index (Phi) is 6.08. The van der Waals surface area contributed by atoms with Gasteiger partial charge in [0.25, 0.3) is 5.56 Å². The zero-order chi connectivity index (χ0) is 21.6. The first-order valence-electron chi connectivity index (χ1n) is 10.1. The molecule has 31 heavy (non-hydrogen) atoms. The fourth-order valence-electron chi connectivity index (χ4n) is 3.50. The van der Waals surface area contributed by atoms with Crippen LogP contribution in [0.3, 0.4) is 0 Å². The van der Waals surface area contributed by atoms with Gasteiger partial charge in [0, 0.05) is 41.5 Å². The standard InChI is InChI=1S/C25H23N3O3/c1-31-20-10-7-18(8-11-20)9-12-24(29)27-23-6-2-5-22-21(23)13-15-28(25(22)30)17-19-4-3-14-26-16-19/h2-8,10-11,13-16H,9,12,17H2,1H3,(H,27,29). The normalized spacial score (nSPS) is 10.7. The molecule has 1 amide bonds. The van der Waals surface area contributed by atoms with E-state index >= 15 is 0 Å². The second-order valence-electron chi connectivity index (χ2n) is 7.27. The minimum absolute atomic E-state index is 0.0946. The first kappa shape index (κ1) is 20.3. The SMILES string of the molecule is COc1ccc(CCC(=O)Nc2cccc3c(=O)n(Cc4cccnc4)ccc23)cc1. The number of aromatic nitrogens is 2. The first-order chi connectivity index (χ1) is 15.1. The van der Waals surface area contributed by atoms with E-state index in [0.717, 1.165) is 22.3 Å².